The fourth-order valence-electron chi connectivity index (χ4n) is 2.78. The number of nitrogens with two attached hydrogens (primary N) is 1. The number of anilines is 1. The minimum atomic E-state index is -0.783. The molecule has 0 saturated carbocycles. The van der Waals surface area contributed by atoms with Crippen LogP contribution in [0.1, 0.15) is 31.9 Å². The largest absolute Gasteiger partial charge is 0.486 e. The SMILES string of the molecule is CC(C)(C)OC(=O)N[C@H](CO)Cc1ccc(OCc2ccccc2)c(N)c1[N+](=O)[O-]. The molecule has 0 fully saturated rings. The summed E-state index contributed by atoms with van der Waals surface area (Å²) in [5, 5.41) is 23.8. The van der Waals surface area contributed by atoms with E-state index in [4.69, 9.17) is 15.2 Å². The van der Waals surface area contributed by atoms with Crippen molar-refractivity contribution in [1.29, 1.82) is 0 Å². The molecule has 0 radical (unpaired) electrons. The van der Waals surface area contributed by atoms with Gasteiger partial charge in [-0.1, -0.05) is 30.3 Å². The summed E-state index contributed by atoms with van der Waals surface area (Å²) < 4.78 is 10.8. The summed E-state index contributed by atoms with van der Waals surface area (Å²) in [4.78, 5) is 23.0. The van der Waals surface area contributed by atoms with Crippen molar-refractivity contribution in [1.82, 2.24) is 5.32 Å². The number of benzene rings is 2. The molecule has 0 spiro atoms. The highest BCUT2D eigenvalue weighted by atomic mass is 16.6. The fourth-order valence-corrected chi connectivity index (χ4v) is 2.78. The van der Waals surface area contributed by atoms with E-state index in [1.54, 1.807) is 26.8 Å². The van der Waals surface area contributed by atoms with E-state index in [9.17, 15) is 20.0 Å². The van der Waals surface area contributed by atoms with Gasteiger partial charge in [-0.25, -0.2) is 4.79 Å². The van der Waals surface area contributed by atoms with Crippen molar-refractivity contribution >= 4 is 17.5 Å². The molecule has 0 bridgehead atoms. The zero-order valence-corrected chi connectivity index (χ0v) is 17.3. The molecule has 0 saturated heterocycles. The highest BCUT2D eigenvalue weighted by molar-refractivity contribution is 5.71. The lowest BCUT2D eigenvalue weighted by molar-refractivity contribution is -0.384. The summed E-state index contributed by atoms with van der Waals surface area (Å²) in [6.45, 7) is 4.91. The van der Waals surface area contributed by atoms with Crippen LogP contribution in [0.3, 0.4) is 0 Å². The second-order valence-corrected chi connectivity index (χ2v) is 7.75. The molecule has 0 aliphatic carbocycles. The van der Waals surface area contributed by atoms with Crippen LogP contribution < -0.4 is 15.8 Å². The Balaban J connectivity index is 2.17. The number of alkyl carbamates (subject to hydrolysis) is 1. The second kappa shape index (κ2) is 9.93. The van der Waals surface area contributed by atoms with E-state index in [1.807, 2.05) is 30.3 Å². The van der Waals surface area contributed by atoms with Gasteiger partial charge in [0, 0.05) is 12.0 Å². The molecular formula is C21H27N3O6. The van der Waals surface area contributed by atoms with Gasteiger partial charge in [0.1, 0.15) is 18.0 Å². The van der Waals surface area contributed by atoms with Crippen LogP contribution in [0.15, 0.2) is 42.5 Å². The Labute approximate surface area is 174 Å². The van der Waals surface area contributed by atoms with Crippen LogP contribution in [0.5, 0.6) is 5.75 Å². The van der Waals surface area contributed by atoms with Crippen molar-refractivity contribution in [2.45, 2.75) is 45.4 Å². The summed E-state index contributed by atoms with van der Waals surface area (Å²) in [7, 11) is 0. The topological polar surface area (TPSA) is 137 Å². The van der Waals surface area contributed by atoms with Gasteiger partial charge >= 0.3 is 6.09 Å². The van der Waals surface area contributed by atoms with Crippen LogP contribution in [0.2, 0.25) is 0 Å². The minimum absolute atomic E-state index is 0.00474. The Bertz CT molecular complexity index is 880. The maximum absolute atomic E-state index is 12.0. The predicted octanol–water partition coefficient (Wildman–Crippen LogP) is 3.18. The van der Waals surface area contributed by atoms with Gasteiger partial charge in [-0.2, -0.15) is 0 Å². The van der Waals surface area contributed by atoms with E-state index in [0.717, 1.165) is 5.56 Å². The smallest absolute Gasteiger partial charge is 0.407 e. The number of carbonyl (C=O) groups excluding carboxylic acids is 1. The van der Waals surface area contributed by atoms with Gasteiger partial charge in [0.15, 0.2) is 5.69 Å². The lowest BCUT2D eigenvalue weighted by Gasteiger charge is -2.23. The lowest BCUT2D eigenvalue weighted by atomic mass is 10.0. The number of hydrogen-bond acceptors (Lipinski definition) is 7. The van der Waals surface area contributed by atoms with Crippen LogP contribution in [0.25, 0.3) is 0 Å². The minimum Gasteiger partial charge on any atom is -0.486 e. The van der Waals surface area contributed by atoms with Gasteiger partial charge < -0.3 is 25.6 Å². The summed E-state index contributed by atoms with van der Waals surface area (Å²) in [5.74, 6) is 0.190. The number of aliphatic hydroxyl groups is 1. The standard InChI is InChI=1S/C21H27N3O6/c1-21(2,3)30-20(26)23-16(12-25)11-15-9-10-17(18(22)19(15)24(27)28)29-13-14-7-5-4-6-8-14/h4-10,16,25H,11-13,22H2,1-3H3,(H,23,26)/t16-/m0/s1. The van der Waals surface area contributed by atoms with E-state index in [-0.39, 0.29) is 35.7 Å². The van der Waals surface area contributed by atoms with Crippen LogP contribution in [0, 0.1) is 10.1 Å². The van der Waals surface area contributed by atoms with Crippen LogP contribution in [-0.4, -0.2) is 34.4 Å². The molecule has 2 rings (SSSR count). The number of hydrogen-bond donors (Lipinski definition) is 3. The maximum Gasteiger partial charge on any atom is 0.407 e. The van der Waals surface area contributed by atoms with Gasteiger partial charge in [0.05, 0.1) is 17.6 Å². The quantitative estimate of drug-likeness (QED) is 0.341. The maximum atomic E-state index is 12.0. The van der Waals surface area contributed by atoms with E-state index >= 15 is 0 Å². The molecule has 2 aromatic rings. The number of rotatable bonds is 8. The number of amides is 1. The molecule has 0 heterocycles. The number of aliphatic hydroxyl groups excluding tert-OH is 1. The first-order valence-electron chi connectivity index (χ1n) is 9.43. The molecule has 1 amide bonds. The highest BCUT2D eigenvalue weighted by Gasteiger charge is 2.26. The van der Waals surface area contributed by atoms with Crippen molar-refractivity contribution in [3.8, 4) is 5.75 Å². The molecule has 1 atom stereocenters. The van der Waals surface area contributed by atoms with E-state index < -0.39 is 29.3 Å². The highest BCUT2D eigenvalue weighted by Crippen LogP contribution is 2.35. The van der Waals surface area contributed by atoms with E-state index in [0.29, 0.717) is 0 Å². The van der Waals surface area contributed by atoms with Gasteiger partial charge in [-0.3, -0.25) is 10.1 Å². The molecule has 0 unspecified atom stereocenters. The number of nitro benzene ring substituents is 1. The first kappa shape index (κ1) is 23.0. The number of carbonyl (C=O) groups is 1. The van der Waals surface area contributed by atoms with Gasteiger partial charge in [-0.05, 0) is 38.5 Å². The number of nitrogens with zero attached hydrogens (tertiary/aromatic N) is 1. The third-order valence-electron chi connectivity index (χ3n) is 4.09. The van der Waals surface area contributed by atoms with Crippen LogP contribution in [0.4, 0.5) is 16.2 Å². The van der Waals surface area contributed by atoms with Crippen molar-refractivity contribution in [3.05, 3.63) is 63.7 Å². The summed E-state index contributed by atoms with van der Waals surface area (Å²) in [6.07, 6.45) is -0.727. The normalized spacial score (nSPS) is 12.1. The van der Waals surface area contributed by atoms with Crippen molar-refractivity contribution in [2.24, 2.45) is 0 Å². The average molecular weight is 417 g/mol. The molecule has 0 aliphatic rings. The average Bonchev–Trinajstić information content (AvgIpc) is 2.65. The first-order valence-corrected chi connectivity index (χ1v) is 9.43. The molecule has 0 aliphatic heterocycles. The third-order valence-corrected chi connectivity index (χ3v) is 4.09. The van der Waals surface area contributed by atoms with Crippen LogP contribution >= 0.6 is 0 Å². The molecule has 9 heteroatoms. The number of nitrogens with one attached hydrogen (secondary N) is 1. The van der Waals surface area contributed by atoms with E-state index in [1.165, 1.54) is 6.07 Å². The predicted molar refractivity (Wildman–Crippen MR) is 112 cm³/mol. The Hall–Kier alpha value is -3.33. The van der Waals surface area contributed by atoms with Gasteiger partial charge in [0.2, 0.25) is 0 Å². The molecule has 0 aromatic heterocycles. The van der Waals surface area contributed by atoms with Crippen molar-refractivity contribution in [2.75, 3.05) is 12.3 Å². The fraction of sp³-hybridized carbons (Fsp3) is 0.381. The molecule has 4 N–H and O–H groups in total. The molecular weight excluding hydrogens is 390 g/mol. The van der Waals surface area contributed by atoms with Crippen LogP contribution in [-0.2, 0) is 17.8 Å². The summed E-state index contributed by atoms with van der Waals surface area (Å²) >= 11 is 0. The van der Waals surface area contributed by atoms with E-state index in [2.05, 4.69) is 5.32 Å². The zero-order chi connectivity index (χ0) is 22.3. The van der Waals surface area contributed by atoms with Crippen molar-refractivity contribution < 1.29 is 24.3 Å². The van der Waals surface area contributed by atoms with Crippen molar-refractivity contribution in [3.63, 3.8) is 0 Å². The Morgan fingerprint density at radius 2 is 1.90 bits per heavy atom. The number of ether oxygens (including phenoxy) is 2. The molecule has 2 aromatic carbocycles. The number of nitro groups is 1. The monoisotopic (exact) mass is 417 g/mol. The summed E-state index contributed by atoms with van der Waals surface area (Å²) in [5.41, 5.74) is 6.03. The Morgan fingerprint density at radius 1 is 1.23 bits per heavy atom. The lowest BCUT2D eigenvalue weighted by Crippen LogP contribution is -2.42. The molecule has 162 valence electrons. The Morgan fingerprint density at radius 3 is 2.47 bits per heavy atom. The molecule has 9 nitrogen and oxygen atoms in total. The number of nitrogen functional groups attached to an aromatic ring is 1. The first-order chi connectivity index (χ1) is 14.1. The van der Waals surface area contributed by atoms with Gasteiger partial charge in [0.25, 0.3) is 5.69 Å². The molecule has 30 heavy (non-hydrogen) atoms. The summed E-state index contributed by atoms with van der Waals surface area (Å²) in [6, 6.07) is 11.6. The Kier molecular flexibility index (Phi) is 7.60. The zero-order valence-electron chi connectivity index (χ0n) is 17.3. The third kappa shape index (κ3) is 6.63. The second-order valence-electron chi connectivity index (χ2n) is 7.75. The van der Waals surface area contributed by atoms with Gasteiger partial charge in [-0.15, -0.1) is 0 Å².